The minimum atomic E-state index is 0.820. The van der Waals surface area contributed by atoms with E-state index < -0.39 is 0 Å². The highest BCUT2D eigenvalue weighted by molar-refractivity contribution is 6.36. The van der Waals surface area contributed by atoms with Crippen molar-refractivity contribution in [1.29, 1.82) is 0 Å². The van der Waals surface area contributed by atoms with Crippen LogP contribution in [0.4, 0.5) is 11.4 Å². The summed E-state index contributed by atoms with van der Waals surface area (Å²) in [5.41, 5.74) is 14.3. The second kappa shape index (κ2) is 3.80. The molecule has 2 heteroatoms. The third kappa shape index (κ3) is 1.25. The number of nitrogen functional groups attached to an aromatic ring is 2. The fourth-order valence-corrected chi connectivity index (χ4v) is 3.79. The Morgan fingerprint density at radius 2 is 0.909 bits per heavy atom. The number of nitrogens with two attached hydrogens (primary N) is 2. The Hall–Kier alpha value is -3.00. The Bertz CT molecular complexity index is 1090. The molecular formula is C20H14N2. The summed E-state index contributed by atoms with van der Waals surface area (Å²) in [7, 11) is 0. The van der Waals surface area contributed by atoms with Gasteiger partial charge >= 0.3 is 0 Å². The van der Waals surface area contributed by atoms with Crippen LogP contribution in [0.1, 0.15) is 0 Å². The molecule has 5 aromatic rings. The van der Waals surface area contributed by atoms with Gasteiger partial charge in [-0.2, -0.15) is 0 Å². The molecule has 5 rings (SSSR count). The largest absolute Gasteiger partial charge is 0.398 e. The normalized spacial score (nSPS) is 12.0. The van der Waals surface area contributed by atoms with Gasteiger partial charge in [-0.15, -0.1) is 0 Å². The lowest BCUT2D eigenvalue weighted by molar-refractivity contribution is 1.76. The number of hydrogen-bond acceptors (Lipinski definition) is 2. The van der Waals surface area contributed by atoms with Gasteiger partial charge < -0.3 is 11.5 Å². The molecule has 0 aromatic heterocycles. The van der Waals surface area contributed by atoms with Crippen LogP contribution in [-0.4, -0.2) is 0 Å². The molecule has 0 amide bonds. The molecule has 22 heavy (non-hydrogen) atoms. The van der Waals surface area contributed by atoms with Crippen molar-refractivity contribution in [2.45, 2.75) is 0 Å². The minimum Gasteiger partial charge on any atom is -0.398 e. The van der Waals surface area contributed by atoms with E-state index in [0.29, 0.717) is 0 Å². The van der Waals surface area contributed by atoms with Crippen molar-refractivity contribution in [3.8, 4) is 0 Å². The third-order valence-electron chi connectivity index (χ3n) is 4.69. The van der Waals surface area contributed by atoms with Gasteiger partial charge in [-0.3, -0.25) is 0 Å². The first-order chi connectivity index (χ1) is 10.8. The molecule has 0 aliphatic heterocycles. The predicted octanol–water partition coefficient (Wildman–Crippen LogP) is 4.90. The van der Waals surface area contributed by atoms with Crippen LogP contribution in [-0.2, 0) is 0 Å². The summed E-state index contributed by atoms with van der Waals surface area (Å²) >= 11 is 0. The van der Waals surface area contributed by atoms with Crippen molar-refractivity contribution in [3.05, 3.63) is 60.7 Å². The topological polar surface area (TPSA) is 52.0 Å². The van der Waals surface area contributed by atoms with E-state index in [0.717, 1.165) is 22.1 Å². The molecule has 0 saturated heterocycles. The summed E-state index contributed by atoms with van der Waals surface area (Å²) in [5.74, 6) is 0. The van der Waals surface area contributed by atoms with Crippen LogP contribution in [0.3, 0.4) is 0 Å². The highest BCUT2D eigenvalue weighted by Gasteiger charge is 2.15. The second-order valence-corrected chi connectivity index (χ2v) is 5.87. The van der Waals surface area contributed by atoms with Gasteiger partial charge in [-0.25, -0.2) is 0 Å². The van der Waals surface area contributed by atoms with Crippen molar-refractivity contribution in [1.82, 2.24) is 0 Å². The van der Waals surface area contributed by atoms with E-state index in [9.17, 15) is 0 Å². The van der Waals surface area contributed by atoms with Crippen LogP contribution in [0.2, 0.25) is 0 Å². The monoisotopic (exact) mass is 282 g/mol. The van der Waals surface area contributed by atoms with Crippen LogP contribution in [0.25, 0.3) is 43.1 Å². The van der Waals surface area contributed by atoms with Crippen LogP contribution >= 0.6 is 0 Å². The van der Waals surface area contributed by atoms with Crippen molar-refractivity contribution in [2.75, 3.05) is 11.5 Å². The number of benzene rings is 5. The molecule has 0 aliphatic rings. The molecule has 0 unspecified atom stereocenters. The van der Waals surface area contributed by atoms with Crippen LogP contribution in [0.15, 0.2) is 60.7 Å². The summed E-state index contributed by atoms with van der Waals surface area (Å²) in [6, 6.07) is 20.9. The van der Waals surface area contributed by atoms with Crippen LogP contribution < -0.4 is 11.5 Å². The fourth-order valence-electron chi connectivity index (χ4n) is 3.79. The Kier molecular flexibility index (Phi) is 2.01. The molecular weight excluding hydrogens is 268 g/mol. The van der Waals surface area contributed by atoms with E-state index >= 15 is 0 Å². The number of hydrogen-bond donors (Lipinski definition) is 2. The maximum Gasteiger partial charge on any atom is 0.0400 e. The molecule has 0 saturated carbocycles. The maximum atomic E-state index is 6.34. The summed E-state index contributed by atoms with van der Waals surface area (Å²) in [6.07, 6.45) is 0. The first-order valence-electron chi connectivity index (χ1n) is 7.39. The van der Waals surface area contributed by atoms with Crippen molar-refractivity contribution < 1.29 is 0 Å². The molecule has 4 N–H and O–H groups in total. The third-order valence-corrected chi connectivity index (χ3v) is 4.69. The van der Waals surface area contributed by atoms with Gasteiger partial charge in [0.1, 0.15) is 0 Å². The lowest BCUT2D eigenvalue weighted by Crippen LogP contribution is -1.94. The smallest absolute Gasteiger partial charge is 0.0400 e. The Labute approximate surface area is 127 Å². The Morgan fingerprint density at radius 3 is 1.36 bits per heavy atom. The zero-order valence-corrected chi connectivity index (χ0v) is 11.9. The van der Waals surface area contributed by atoms with Gasteiger partial charge in [0.15, 0.2) is 0 Å². The van der Waals surface area contributed by atoms with E-state index in [2.05, 4.69) is 48.5 Å². The van der Waals surface area contributed by atoms with E-state index in [1.54, 1.807) is 0 Å². The number of fused-ring (bicyclic) bond motifs is 2. The summed E-state index contributed by atoms with van der Waals surface area (Å²) in [5, 5.41) is 9.46. The molecule has 104 valence electrons. The average molecular weight is 282 g/mol. The number of anilines is 2. The zero-order chi connectivity index (χ0) is 14.8. The first-order valence-corrected chi connectivity index (χ1v) is 7.39. The summed E-state index contributed by atoms with van der Waals surface area (Å²) in [4.78, 5) is 0. The minimum absolute atomic E-state index is 0.820. The van der Waals surface area contributed by atoms with E-state index in [-0.39, 0.29) is 0 Å². The predicted molar refractivity (Wildman–Crippen MR) is 96.5 cm³/mol. The van der Waals surface area contributed by atoms with Gasteiger partial charge in [-0.1, -0.05) is 48.5 Å². The van der Waals surface area contributed by atoms with Crippen LogP contribution in [0.5, 0.6) is 0 Å². The molecule has 5 aromatic carbocycles. The summed E-state index contributed by atoms with van der Waals surface area (Å²) < 4.78 is 0. The standard InChI is InChI=1S/C20H14N2/c21-15-10-8-12-4-2-6-14-18(12)19(15)13-5-1-3-11-7-9-16(22)20(14)17(11)13/h1-10H,21-22H2. The molecule has 0 atom stereocenters. The maximum absolute atomic E-state index is 6.34. The molecule has 0 bridgehead atoms. The molecule has 0 spiro atoms. The molecule has 0 fully saturated rings. The quantitative estimate of drug-likeness (QED) is 0.241. The van der Waals surface area contributed by atoms with Crippen LogP contribution in [0, 0.1) is 0 Å². The molecule has 0 heterocycles. The molecule has 2 nitrogen and oxygen atoms in total. The fraction of sp³-hybridized carbons (Fsp3) is 0. The summed E-state index contributed by atoms with van der Waals surface area (Å²) in [6.45, 7) is 0. The van der Waals surface area contributed by atoms with Gasteiger partial charge in [0.25, 0.3) is 0 Å². The highest BCUT2D eigenvalue weighted by atomic mass is 14.6. The van der Waals surface area contributed by atoms with Gasteiger partial charge in [0.2, 0.25) is 0 Å². The van der Waals surface area contributed by atoms with E-state index in [1.165, 1.54) is 32.3 Å². The highest BCUT2D eigenvalue weighted by Crippen LogP contribution is 2.44. The molecule has 0 radical (unpaired) electrons. The molecule has 0 aliphatic carbocycles. The average Bonchev–Trinajstić information content (AvgIpc) is 2.55. The lowest BCUT2D eigenvalue weighted by atomic mass is 9.88. The van der Waals surface area contributed by atoms with Crippen molar-refractivity contribution in [2.24, 2.45) is 0 Å². The van der Waals surface area contributed by atoms with Gasteiger partial charge in [-0.05, 0) is 44.5 Å². The Morgan fingerprint density at radius 1 is 0.455 bits per heavy atom. The van der Waals surface area contributed by atoms with Gasteiger partial charge in [0, 0.05) is 22.1 Å². The second-order valence-electron chi connectivity index (χ2n) is 5.87. The van der Waals surface area contributed by atoms with Gasteiger partial charge in [0.05, 0.1) is 0 Å². The van der Waals surface area contributed by atoms with E-state index in [4.69, 9.17) is 11.5 Å². The van der Waals surface area contributed by atoms with E-state index in [1.807, 2.05) is 12.1 Å². The Balaban J connectivity index is 2.33. The SMILES string of the molecule is Nc1ccc2cccc3c4c(N)ccc5cccc(c1c23)c54. The first kappa shape index (κ1) is 11.6. The van der Waals surface area contributed by atoms with Crippen molar-refractivity contribution in [3.63, 3.8) is 0 Å². The van der Waals surface area contributed by atoms with Crippen molar-refractivity contribution >= 4 is 54.5 Å². The lowest BCUT2D eigenvalue weighted by Gasteiger charge is -2.16. The zero-order valence-electron chi connectivity index (χ0n) is 11.9. The number of rotatable bonds is 0.